The van der Waals surface area contributed by atoms with E-state index in [0.717, 1.165) is 34.7 Å². The van der Waals surface area contributed by atoms with Crippen LogP contribution in [0, 0.1) is 6.92 Å². The highest BCUT2D eigenvalue weighted by molar-refractivity contribution is 6.31. The van der Waals surface area contributed by atoms with Gasteiger partial charge in [-0.3, -0.25) is 4.98 Å². The number of halogens is 1. The monoisotopic (exact) mass is 272 g/mol. The maximum absolute atomic E-state index is 6.44. The van der Waals surface area contributed by atoms with Gasteiger partial charge < -0.3 is 5.73 Å². The minimum absolute atomic E-state index is 0.0331. The molecule has 2 nitrogen and oxygen atoms in total. The van der Waals surface area contributed by atoms with Gasteiger partial charge in [0.25, 0.3) is 0 Å². The highest BCUT2D eigenvalue weighted by atomic mass is 35.5. The molecule has 1 aliphatic carbocycles. The minimum Gasteiger partial charge on any atom is -0.323 e. The average molecular weight is 273 g/mol. The first-order valence-electron chi connectivity index (χ1n) is 6.62. The maximum Gasteiger partial charge on any atom is 0.0485 e. The molecule has 3 heteroatoms. The quantitative estimate of drug-likeness (QED) is 0.904. The van der Waals surface area contributed by atoms with Gasteiger partial charge in [0.15, 0.2) is 0 Å². The Morgan fingerprint density at radius 1 is 1.37 bits per heavy atom. The number of hydrogen-bond donors (Lipinski definition) is 1. The number of aryl methyl sites for hydroxylation is 2. The Bertz CT molecular complexity index is 609. The van der Waals surface area contributed by atoms with Crippen molar-refractivity contribution >= 4 is 11.6 Å². The van der Waals surface area contributed by atoms with E-state index in [0.29, 0.717) is 5.92 Å². The van der Waals surface area contributed by atoms with Gasteiger partial charge in [-0.2, -0.15) is 0 Å². The standard InChI is InChI=1S/C16H17ClN2/c1-10-4-5-12(9-14(10)17)15(18)13-7-6-11-3-2-8-19-16(11)13/h2-5,8-9,13,15H,6-7,18H2,1H3. The van der Waals surface area contributed by atoms with E-state index in [2.05, 4.69) is 17.1 Å². The van der Waals surface area contributed by atoms with Gasteiger partial charge in [-0.1, -0.05) is 29.8 Å². The molecule has 98 valence electrons. The van der Waals surface area contributed by atoms with Crippen LogP contribution in [0.15, 0.2) is 36.5 Å². The van der Waals surface area contributed by atoms with Crippen LogP contribution in [0.5, 0.6) is 0 Å². The molecule has 2 aromatic rings. The van der Waals surface area contributed by atoms with Crippen LogP contribution < -0.4 is 5.73 Å². The van der Waals surface area contributed by atoms with Crippen molar-refractivity contribution in [3.63, 3.8) is 0 Å². The lowest BCUT2D eigenvalue weighted by Gasteiger charge is -2.20. The number of pyridine rings is 1. The van der Waals surface area contributed by atoms with Gasteiger partial charge in [0.05, 0.1) is 0 Å². The van der Waals surface area contributed by atoms with Crippen LogP contribution in [-0.2, 0) is 6.42 Å². The second-order valence-corrected chi connectivity index (χ2v) is 5.63. The molecule has 0 bridgehead atoms. The lowest BCUT2D eigenvalue weighted by molar-refractivity contribution is 0.541. The molecule has 2 atom stereocenters. The number of nitrogens with two attached hydrogens (primary N) is 1. The zero-order valence-electron chi connectivity index (χ0n) is 10.9. The molecule has 0 amide bonds. The Kier molecular flexibility index (Phi) is 3.29. The summed E-state index contributed by atoms with van der Waals surface area (Å²) in [7, 11) is 0. The summed E-state index contributed by atoms with van der Waals surface area (Å²) in [5, 5.41) is 0.784. The summed E-state index contributed by atoms with van der Waals surface area (Å²) in [5.41, 5.74) is 11.1. The molecule has 0 fully saturated rings. The van der Waals surface area contributed by atoms with Gasteiger partial charge in [-0.05, 0) is 48.6 Å². The van der Waals surface area contributed by atoms with Gasteiger partial charge in [0, 0.05) is 28.9 Å². The van der Waals surface area contributed by atoms with E-state index in [1.54, 1.807) is 0 Å². The predicted octanol–water partition coefficient (Wildman–Crippen LogP) is 3.77. The van der Waals surface area contributed by atoms with E-state index >= 15 is 0 Å². The third-order valence-electron chi connectivity index (χ3n) is 4.02. The first-order chi connectivity index (χ1) is 9.16. The van der Waals surface area contributed by atoms with Gasteiger partial charge in [-0.25, -0.2) is 0 Å². The highest BCUT2D eigenvalue weighted by Crippen LogP contribution is 2.39. The molecule has 0 aliphatic heterocycles. The van der Waals surface area contributed by atoms with Crippen LogP contribution in [0.4, 0.5) is 0 Å². The van der Waals surface area contributed by atoms with Crippen LogP contribution >= 0.6 is 11.6 Å². The Labute approximate surface area is 118 Å². The van der Waals surface area contributed by atoms with Gasteiger partial charge >= 0.3 is 0 Å². The molecule has 0 saturated heterocycles. The van der Waals surface area contributed by atoms with Crippen molar-refractivity contribution in [1.82, 2.24) is 4.98 Å². The van der Waals surface area contributed by atoms with Gasteiger partial charge in [-0.15, -0.1) is 0 Å². The largest absolute Gasteiger partial charge is 0.323 e. The van der Waals surface area contributed by atoms with Gasteiger partial charge in [0.2, 0.25) is 0 Å². The third kappa shape index (κ3) is 2.26. The molecule has 1 aromatic heterocycles. The van der Waals surface area contributed by atoms with E-state index in [1.807, 2.05) is 31.3 Å². The van der Waals surface area contributed by atoms with Crippen molar-refractivity contribution in [2.45, 2.75) is 31.7 Å². The molecule has 19 heavy (non-hydrogen) atoms. The molecule has 2 N–H and O–H groups in total. The average Bonchev–Trinajstić information content (AvgIpc) is 2.85. The lowest BCUT2D eigenvalue weighted by Crippen LogP contribution is -2.19. The Morgan fingerprint density at radius 3 is 3.00 bits per heavy atom. The number of aromatic nitrogens is 1. The summed E-state index contributed by atoms with van der Waals surface area (Å²) in [6.45, 7) is 2.00. The Morgan fingerprint density at radius 2 is 2.21 bits per heavy atom. The number of hydrogen-bond acceptors (Lipinski definition) is 2. The topological polar surface area (TPSA) is 38.9 Å². The number of fused-ring (bicyclic) bond motifs is 1. The molecule has 0 saturated carbocycles. The van der Waals surface area contributed by atoms with Crippen LogP contribution in [-0.4, -0.2) is 4.98 Å². The second-order valence-electron chi connectivity index (χ2n) is 5.23. The van der Waals surface area contributed by atoms with E-state index in [1.165, 1.54) is 5.56 Å². The van der Waals surface area contributed by atoms with Gasteiger partial charge in [0.1, 0.15) is 0 Å². The smallest absolute Gasteiger partial charge is 0.0485 e. The molecule has 1 aliphatic rings. The molecule has 0 spiro atoms. The molecule has 0 radical (unpaired) electrons. The zero-order chi connectivity index (χ0) is 13.4. The van der Waals surface area contributed by atoms with Crippen molar-refractivity contribution in [3.05, 3.63) is 63.9 Å². The van der Waals surface area contributed by atoms with Crippen molar-refractivity contribution in [3.8, 4) is 0 Å². The van der Waals surface area contributed by atoms with Crippen molar-refractivity contribution in [2.24, 2.45) is 5.73 Å². The molecule has 1 heterocycles. The van der Waals surface area contributed by atoms with Crippen molar-refractivity contribution < 1.29 is 0 Å². The summed E-state index contributed by atoms with van der Waals surface area (Å²) in [6.07, 6.45) is 3.99. The van der Waals surface area contributed by atoms with Crippen molar-refractivity contribution in [2.75, 3.05) is 0 Å². The predicted molar refractivity (Wildman–Crippen MR) is 78.4 cm³/mol. The van der Waals surface area contributed by atoms with E-state index in [-0.39, 0.29) is 6.04 Å². The van der Waals surface area contributed by atoms with Crippen LogP contribution in [0.3, 0.4) is 0 Å². The summed E-state index contributed by atoms with van der Waals surface area (Å²) >= 11 is 6.19. The maximum atomic E-state index is 6.44. The molecule has 3 rings (SSSR count). The summed E-state index contributed by atoms with van der Waals surface area (Å²) in [5.74, 6) is 0.301. The third-order valence-corrected chi connectivity index (χ3v) is 4.42. The fraction of sp³-hybridized carbons (Fsp3) is 0.312. The van der Waals surface area contributed by atoms with Crippen LogP contribution in [0.2, 0.25) is 5.02 Å². The first kappa shape index (κ1) is 12.6. The molecule has 2 unspecified atom stereocenters. The molecular formula is C16H17ClN2. The van der Waals surface area contributed by atoms with Crippen molar-refractivity contribution in [1.29, 1.82) is 0 Å². The first-order valence-corrected chi connectivity index (χ1v) is 7.00. The number of rotatable bonds is 2. The number of benzene rings is 1. The lowest BCUT2D eigenvalue weighted by atomic mass is 9.91. The highest BCUT2D eigenvalue weighted by Gasteiger charge is 2.29. The Hall–Kier alpha value is -1.38. The van der Waals surface area contributed by atoms with E-state index in [4.69, 9.17) is 17.3 Å². The Balaban J connectivity index is 1.93. The van der Waals surface area contributed by atoms with E-state index in [9.17, 15) is 0 Å². The summed E-state index contributed by atoms with van der Waals surface area (Å²) in [6, 6.07) is 10.2. The second kappa shape index (κ2) is 4.95. The van der Waals surface area contributed by atoms with E-state index < -0.39 is 0 Å². The number of nitrogens with zero attached hydrogens (tertiary/aromatic N) is 1. The SMILES string of the molecule is Cc1ccc(C(N)C2CCc3cccnc32)cc1Cl. The fourth-order valence-corrected chi connectivity index (χ4v) is 3.03. The van der Waals surface area contributed by atoms with Crippen LogP contribution in [0.1, 0.15) is 40.8 Å². The summed E-state index contributed by atoms with van der Waals surface area (Å²) < 4.78 is 0. The summed E-state index contributed by atoms with van der Waals surface area (Å²) in [4.78, 5) is 4.51. The minimum atomic E-state index is -0.0331. The fourth-order valence-electron chi connectivity index (χ4n) is 2.84. The van der Waals surface area contributed by atoms with Crippen LogP contribution in [0.25, 0.3) is 0 Å². The normalized spacial score (nSPS) is 19.2. The zero-order valence-corrected chi connectivity index (χ0v) is 11.7. The molecular weight excluding hydrogens is 256 g/mol. The molecule has 1 aromatic carbocycles.